The van der Waals surface area contributed by atoms with Crippen molar-refractivity contribution >= 4 is 10.9 Å². The van der Waals surface area contributed by atoms with Crippen LogP contribution in [0.4, 0.5) is 0 Å². The third kappa shape index (κ3) is 1.03. The van der Waals surface area contributed by atoms with E-state index in [1.165, 1.54) is 23.8 Å². The Kier molecular flexibility index (Phi) is 1.43. The smallest absolute Gasteiger partial charge is 0.0992 e. The van der Waals surface area contributed by atoms with Gasteiger partial charge in [0.2, 0.25) is 0 Å². The molecule has 0 spiro atoms. The molecule has 0 bridgehead atoms. The van der Waals surface area contributed by atoms with Crippen LogP contribution in [0, 0.1) is 11.3 Å². The summed E-state index contributed by atoms with van der Waals surface area (Å²) in [5, 5.41) is 10.2. The number of hydrogen-bond acceptors (Lipinski definition) is 1. The van der Waals surface area contributed by atoms with Gasteiger partial charge >= 0.3 is 0 Å². The van der Waals surface area contributed by atoms with Crippen molar-refractivity contribution < 1.29 is 0 Å². The Morgan fingerprint density at radius 2 is 2.21 bits per heavy atom. The summed E-state index contributed by atoms with van der Waals surface area (Å²) in [7, 11) is 0. The summed E-state index contributed by atoms with van der Waals surface area (Å²) in [6.45, 7) is 0. The average molecular weight is 182 g/mol. The first-order valence-corrected chi connectivity index (χ1v) is 4.89. The molecule has 0 aliphatic heterocycles. The third-order valence-corrected chi connectivity index (χ3v) is 2.85. The highest BCUT2D eigenvalue weighted by Crippen LogP contribution is 2.43. The Bertz CT molecular complexity index is 527. The molecular weight excluding hydrogens is 172 g/mol. The number of nitrogens with one attached hydrogen (secondary N) is 1. The molecule has 1 aromatic carbocycles. The minimum absolute atomic E-state index is 0.696. The van der Waals surface area contributed by atoms with Crippen molar-refractivity contribution in [3.63, 3.8) is 0 Å². The zero-order valence-corrected chi connectivity index (χ0v) is 7.75. The van der Waals surface area contributed by atoms with Gasteiger partial charge in [-0.1, -0.05) is 0 Å². The van der Waals surface area contributed by atoms with Crippen LogP contribution in [0.15, 0.2) is 24.4 Å². The minimum Gasteiger partial charge on any atom is -0.361 e. The van der Waals surface area contributed by atoms with Gasteiger partial charge in [-0.05, 0) is 42.5 Å². The fourth-order valence-corrected chi connectivity index (χ4v) is 1.99. The van der Waals surface area contributed by atoms with Crippen LogP contribution in [0.1, 0.15) is 29.9 Å². The van der Waals surface area contributed by atoms with Crippen LogP contribution < -0.4 is 0 Å². The van der Waals surface area contributed by atoms with Gasteiger partial charge in [-0.2, -0.15) is 5.26 Å². The zero-order chi connectivity index (χ0) is 9.54. The van der Waals surface area contributed by atoms with Crippen molar-refractivity contribution in [2.45, 2.75) is 18.8 Å². The van der Waals surface area contributed by atoms with E-state index in [-0.39, 0.29) is 0 Å². The molecule has 3 rings (SSSR count). The first kappa shape index (κ1) is 7.64. The van der Waals surface area contributed by atoms with Gasteiger partial charge in [-0.25, -0.2) is 0 Å². The highest BCUT2D eigenvalue weighted by Gasteiger charge is 2.25. The lowest BCUT2D eigenvalue weighted by Gasteiger charge is -2.01. The quantitative estimate of drug-likeness (QED) is 0.723. The lowest BCUT2D eigenvalue weighted by molar-refractivity contribution is 1.15. The van der Waals surface area contributed by atoms with Crippen molar-refractivity contribution in [1.82, 2.24) is 4.98 Å². The van der Waals surface area contributed by atoms with E-state index >= 15 is 0 Å². The van der Waals surface area contributed by atoms with Crippen LogP contribution in [-0.4, -0.2) is 4.98 Å². The maximum absolute atomic E-state index is 8.90. The molecule has 0 radical (unpaired) electrons. The van der Waals surface area contributed by atoms with Gasteiger partial charge in [-0.3, -0.25) is 0 Å². The molecule has 1 heterocycles. The third-order valence-electron chi connectivity index (χ3n) is 2.85. The maximum atomic E-state index is 8.90. The lowest BCUT2D eigenvalue weighted by Crippen LogP contribution is -1.84. The number of benzene rings is 1. The molecule has 1 saturated carbocycles. The van der Waals surface area contributed by atoms with Crippen LogP contribution in [0.25, 0.3) is 10.9 Å². The van der Waals surface area contributed by atoms with Crippen molar-refractivity contribution in [1.29, 1.82) is 5.26 Å². The van der Waals surface area contributed by atoms with Crippen LogP contribution in [0.3, 0.4) is 0 Å². The zero-order valence-electron chi connectivity index (χ0n) is 7.75. The second-order valence-corrected chi connectivity index (χ2v) is 3.89. The number of H-pyrrole nitrogens is 1. The summed E-state index contributed by atoms with van der Waals surface area (Å²) < 4.78 is 0. The lowest BCUT2D eigenvalue weighted by atomic mass is 10.0. The predicted octanol–water partition coefficient (Wildman–Crippen LogP) is 2.92. The van der Waals surface area contributed by atoms with E-state index in [1.807, 2.05) is 18.3 Å². The van der Waals surface area contributed by atoms with E-state index in [0.717, 1.165) is 11.1 Å². The molecule has 2 nitrogen and oxygen atoms in total. The van der Waals surface area contributed by atoms with E-state index in [0.29, 0.717) is 5.92 Å². The number of nitrogens with zero attached hydrogens (tertiary/aromatic N) is 1. The second kappa shape index (κ2) is 2.62. The summed E-state index contributed by atoms with van der Waals surface area (Å²) in [5.74, 6) is 0.696. The van der Waals surface area contributed by atoms with E-state index in [9.17, 15) is 0 Å². The van der Waals surface area contributed by atoms with Crippen LogP contribution in [0.5, 0.6) is 0 Å². The first-order chi connectivity index (χ1) is 6.88. The van der Waals surface area contributed by atoms with Crippen LogP contribution in [0.2, 0.25) is 0 Å². The minimum atomic E-state index is 0.696. The molecule has 1 fully saturated rings. The fourth-order valence-electron chi connectivity index (χ4n) is 1.99. The molecule has 0 unspecified atom stereocenters. The molecule has 0 saturated heterocycles. The average Bonchev–Trinajstić information content (AvgIpc) is 2.95. The number of aromatic amines is 1. The van der Waals surface area contributed by atoms with Crippen molar-refractivity contribution in [3.8, 4) is 6.07 Å². The Labute approximate surface area is 82.2 Å². The Morgan fingerprint density at radius 3 is 2.93 bits per heavy atom. The van der Waals surface area contributed by atoms with Gasteiger partial charge in [-0.15, -0.1) is 0 Å². The molecule has 2 aromatic rings. The van der Waals surface area contributed by atoms with E-state index in [4.69, 9.17) is 5.26 Å². The van der Waals surface area contributed by atoms with Crippen molar-refractivity contribution in [3.05, 3.63) is 35.5 Å². The van der Waals surface area contributed by atoms with E-state index in [1.54, 1.807) is 0 Å². The van der Waals surface area contributed by atoms with Gasteiger partial charge in [0.05, 0.1) is 11.6 Å². The van der Waals surface area contributed by atoms with Gasteiger partial charge < -0.3 is 4.98 Å². The number of fused-ring (bicyclic) bond motifs is 1. The molecule has 1 aliphatic rings. The Morgan fingerprint density at radius 1 is 1.36 bits per heavy atom. The van der Waals surface area contributed by atoms with Crippen molar-refractivity contribution in [2.75, 3.05) is 0 Å². The van der Waals surface area contributed by atoms with Crippen molar-refractivity contribution in [2.24, 2.45) is 0 Å². The number of aromatic nitrogens is 1. The highest BCUT2D eigenvalue weighted by atomic mass is 14.7. The SMILES string of the molecule is N#Cc1cc(C2CC2)c2cc[nH]c2c1. The highest BCUT2D eigenvalue weighted by molar-refractivity contribution is 5.85. The van der Waals surface area contributed by atoms with E-state index < -0.39 is 0 Å². The molecular formula is C12H10N2. The van der Waals surface area contributed by atoms with Gasteiger partial charge in [0.15, 0.2) is 0 Å². The molecule has 14 heavy (non-hydrogen) atoms. The monoisotopic (exact) mass is 182 g/mol. The molecule has 0 atom stereocenters. The van der Waals surface area contributed by atoms with Gasteiger partial charge in [0, 0.05) is 17.1 Å². The summed E-state index contributed by atoms with van der Waals surface area (Å²) in [5.41, 5.74) is 3.20. The molecule has 68 valence electrons. The number of nitriles is 1. The summed E-state index contributed by atoms with van der Waals surface area (Å²) in [6, 6.07) is 8.27. The predicted molar refractivity (Wildman–Crippen MR) is 55.0 cm³/mol. The normalized spacial score (nSPS) is 15.6. The second-order valence-electron chi connectivity index (χ2n) is 3.89. The molecule has 1 N–H and O–H groups in total. The molecule has 2 heteroatoms. The Hall–Kier alpha value is -1.75. The number of hydrogen-bond donors (Lipinski definition) is 1. The Balaban J connectivity index is 2.33. The van der Waals surface area contributed by atoms with E-state index in [2.05, 4.69) is 17.1 Å². The fraction of sp³-hybridized carbons (Fsp3) is 0.250. The molecule has 1 aliphatic carbocycles. The van der Waals surface area contributed by atoms with Crippen LogP contribution >= 0.6 is 0 Å². The molecule has 0 amide bonds. The van der Waals surface area contributed by atoms with Gasteiger partial charge in [0.1, 0.15) is 0 Å². The number of rotatable bonds is 1. The largest absolute Gasteiger partial charge is 0.361 e. The summed E-state index contributed by atoms with van der Waals surface area (Å²) >= 11 is 0. The van der Waals surface area contributed by atoms with Gasteiger partial charge in [0.25, 0.3) is 0 Å². The standard InChI is InChI=1S/C12H10N2/c13-7-8-5-11(9-1-2-9)10-3-4-14-12(10)6-8/h3-6,9,14H,1-2H2. The first-order valence-electron chi connectivity index (χ1n) is 4.89. The maximum Gasteiger partial charge on any atom is 0.0992 e. The molecule has 1 aromatic heterocycles. The summed E-state index contributed by atoms with van der Waals surface area (Å²) in [4.78, 5) is 3.17. The topological polar surface area (TPSA) is 39.6 Å². The van der Waals surface area contributed by atoms with Crippen LogP contribution in [-0.2, 0) is 0 Å². The summed E-state index contributed by atoms with van der Waals surface area (Å²) in [6.07, 6.45) is 4.49.